The number of anilines is 1. The van der Waals surface area contributed by atoms with E-state index in [9.17, 15) is 17.2 Å². The summed E-state index contributed by atoms with van der Waals surface area (Å²) in [6.07, 6.45) is 0.609. The Morgan fingerprint density at radius 3 is 2.30 bits per heavy atom. The van der Waals surface area contributed by atoms with Crippen molar-refractivity contribution >= 4 is 26.5 Å². The van der Waals surface area contributed by atoms with Crippen molar-refractivity contribution in [3.63, 3.8) is 0 Å². The average Bonchev–Trinajstić information content (AvgIpc) is 3.27. The molecule has 176 valence electrons. The number of halogens is 2. The first-order valence-electron chi connectivity index (χ1n) is 10.2. The molecule has 3 aromatic rings. The number of hydrogen-bond donors (Lipinski definition) is 0. The fraction of sp³-hybridized carbons (Fsp3) is 0.318. The third kappa shape index (κ3) is 4.80. The molecule has 0 N–H and O–H groups in total. The predicted molar refractivity (Wildman–Crippen MR) is 122 cm³/mol. The minimum atomic E-state index is -4.26. The van der Waals surface area contributed by atoms with E-state index in [2.05, 4.69) is 4.98 Å². The van der Waals surface area contributed by atoms with E-state index in [0.29, 0.717) is 31.0 Å². The van der Waals surface area contributed by atoms with Crippen LogP contribution in [0.2, 0.25) is 0 Å². The molecule has 0 radical (unpaired) electrons. The zero-order valence-electron chi connectivity index (χ0n) is 18.1. The van der Waals surface area contributed by atoms with Crippen molar-refractivity contribution in [1.82, 2.24) is 9.29 Å². The van der Waals surface area contributed by atoms with E-state index in [-0.39, 0.29) is 13.1 Å². The largest absolute Gasteiger partial charge is 0.493 e. The molecular weight excluding hydrogens is 472 g/mol. The lowest BCUT2D eigenvalue weighted by atomic mass is 10.1. The molecule has 1 aliphatic rings. The fourth-order valence-electron chi connectivity index (χ4n) is 3.70. The van der Waals surface area contributed by atoms with Crippen molar-refractivity contribution in [3.05, 3.63) is 64.7 Å². The third-order valence-electron chi connectivity index (χ3n) is 5.40. The Bertz CT molecular complexity index is 1220. The molecule has 2 heterocycles. The number of nitrogens with zero attached hydrogens (tertiary/aromatic N) is 3. The van der Waals surface area contributed by atoms with Crippen LogP contribution in [-0.2, 0) is 16.4 Å². The highest BCUT2D eigenvalue weighted by Crippen LogP contribution is 2.30. The van der Waals surface area contributed by atoms with Gasteiger partial charge in [0.25, 0.3) is 0 Å². The Kier molecular flexibility index (Phi) is 6.82. The number of piperazine rings is 1. The lowest BCUT2D eigenvalue weighted by Gasteiger charge is -2.33. The average molecular weight is 496 g/mol. The SMILES string of the molecule is COc1ccc(Cc2csc(N3CCN(S(=O)(=O)c4c(F)cccc4F)CC3)n2)cc1OC. The molecule has 11 heteroatoms. The Hall–Kier alpha value is -2.76. The van der Waals surface area contributed by atoms with E-state index in [1.54, 1.807) is 14.2 Å². The van der Waals surface area contributed by atoms with Gasteiger partial charge >= 0.3 is 0 Å². The van der Waals surface area contributed by atoms with Gasteiger partial charge in [-0.1, -0.05) is 12.1 Å². The van der Waals surface area contributed by atoms with E-state index in [4.69, 9.17) is 9.47 Å². The number of benzene rings is 2. The second-order valence-corrected chi connectivity index (χ2v) is 10.1. The summed E-state index contributed by atoms with van der Waals surface area (Å²) in [6.45, 7) is 0.971. The molecule has 0 unspecified atom stereocenters. The molecule has 0 spiro atoms. The van der Waals surface area contributed by atoms with Crippen molar-refractivity contribution in [2.45, 2.75) is 11.3 Å². The van der Waals surface area contributed by atoms with Gasteiger partial charge in [-0.15, -0.1) is 11.3 Å². The van der Waals surface area contributed by atoms with Crippen molar-refractivity contribution in [2.75, 3.05) is 45.3 Å². The molecule has 1 aromatic heterocycles. The highest BCUT2D eigenvalue weighted by atomic mass is 32.2. The number of ether oxygens (including phenoxy) is 2. The Balaban J connectivity index is 1.42. The quantitative estimate of drug-likeness (QED) is 0.499. The number of hydrogen-bond acceptors (Lipinski definition) is 7. The monoisotopic (exact) mass is 495 g/mol. The van der Waals surface area contributed by atoms with Gasteiger partial charge in [0.1, 0.15) is 11.6 Å². The van der Waals surface area contributed by atoms with Crippen molar-refractivity contribution < 1.29 is 26.7 Å². The molecule has 1 aliphatic heterocycles. The van der Waals surface area contributed by atoms with Gasteiger partial charge in [-0.25, -0.2) is 22.2 Å². The molecule has 33 heavy (non-hydrogen) atoms. The predicted octanol–water partition coefficient (Wildman–Crippen LogP) is 3.54. The molecule has 1 saturated heterocycles. The van der Waals surface area contributed by atoms with Crippen LogP contribution in [0.5, 0.6) is 11.5 Å². The van der Waals surface area contributed by atoms with E-state index >= 15 is 0 Å². The molecule has 0 saturated carbocycles. The number of methoxy groups -OCH3 is 2. The van der Waals surface area contributed by atoms with Crippen LogP contribution in [0.1, 0.15) is 11.3 Å². The Labute approximate surface area is 195 Å². The third-order valence-corrected chi connectivity index (χ3v) is 8.30. The van der Waals surface area contributed by atoms with Crippen LogP contribution in [0.25, 0.3) is 0 Å². The van der Waals surface area contributed by atoms with E-state index < -0.39 is 26.6 Å². The molecule has 0 amide bonds. The summed E-state index contributed by atoms with van der Waals surface area (Å²) in [6, 6.07) is 8.74. The molecule has 0 aliphatic carbocycles. The number of sulfonamides is 1. The number of aromatic nitrogens is 1. The van der Waals surface area contributed by atoms with Gasteiger partial charge in [0.05, 0.1) is 19.9 Å². The molecule has 7 nitrogen and oxygen atoms in total. The van der Waals surface area contributed by atoms with Crippen LogP contribution in [0.3, 0.4) is 0 Å². The first-order chi connectivity index (χ1) is 15.8. The Morgan fingerprint density at radius 1 is 1.00 bits per heavy atom. The van der Waals surface area contributed by atoms with Crippen LogP contribution >= 0.6 is 11.3 Å². The van der Waals surface area contributed by atoms with Crippen LogP contribution in [0.15, 0.2) is 46.7 Å². The van der Waals surface area contributed by atoms with Crippen LogP contribution in [-0.4, -0.2) is 58.1 Å². The minimum absolute atomic E-state index is 0.112. The zero-order chi connectivity index (χ0) is 23.6. The summed E-state index contributed by atoms with van der Waals surface area (Å²) in [5, 5.41) is 2.74. The highest BCUT2D eigenvalue weighted by molar-refractivity contribution is 7.89. The van der Waals surface area contributed by atoms with E-state index in [1.807, 2.05) is 28.5 Å². The molecule has 0 atom stereocenters. The van der Waals surface area contributed by atoms with Gasteiger partial charge in [-0.2, -0.15) is 4.31 Å². The summed E-state index contributed by atoms with van der Waals surface area (Å²) in [7, 11) is -1.09. The second-order valence-electron chi connectivity index (χ2n) is 7.43. The normalized spacial score (nSPS) is 15.0. The van der Waals surface area contributed by atoms with Crippen molar-refractivity contribution in [2.24, 2.45) is 0 Å². The van der Waals surface area contributed by atoms with Crippen molar-refractivity contribution in [3.8, 4) is 11.5 Å². The maximum absolute atomic E-state index is 14.0. The topological polar surface area (TPSA) is 72.0 Å². The van der Waals surface area contributed by atoms with Crippen LogP contribution in [0, 0.1) is 11.6 Å². The summed E-state index contributed by atoms with van der Waals surface area (Å²) < 4.78 is 65.3. The summed E-state index contributed by atoms with van der Waals surface area (Å²) in [5.74, 6) is -0.869. The lowest BCUT2D eigenvalue weighted by Crippen LogP contribution is -2.49. The van der Waals surface area contributed by atoms with Crippen molar-refractivity contribution in [1.29, 1.82) is 0 Å². The van der Waals surface area contributed by atoms with Crippen LogP contribution in [0.4, 0.5) is 13.9 Å². The zero-order valence-corrected chi connectivity index (χ0v) is 19.8. The van der Waals surface area contributed by atoms with Gasteiger partial charge < -0.3 is 14.4 Å². The van der Waals surface area contributed by atoms with Gasteiger partial charge in [-0.05, 0) is 29.8 Å². The van der Waals surface area contributed by atoms with E-state index in [0.717, 1.165) is 38.9 Å². The molecule has 2 aromatic carbocycles. The van der Waals surface area contributed by atoms with Gasteiger partial charge in [0, 0.05) is 38.0 Å². The maximum Gasteiger partial charge on any atom is 0.249 e. The summed E-state index contributed by atoms with van der Waals surface area (Å²) in [5.41, 5.74) is 1.90. The minimum Gasteiger partial charge on any atom is -0.493 e. The van der Waals surface area contributed by atoms with Gasteiger partial charge in [-0.3, -0.25) is 0 Å². The highest BCUT2D eigenvalue weighted by Gasteiger charge is 2.33. The maximum atomic E-state index is 14.0. The van der Waals surface area contributed by atoms with Gasteiger partial charge in [0.2, 0.25) is 10.0 Å². The first-order valence-corrected chi connectivity index (χ1v) is 12.5. The summed E-state index contributed by atoms with van der Waals surface area (Å²) >= 11 is 1.47. The second kappa shape index (κ2) is 9.62. The number of thiazole rings is 1. The summed E-state index contributed by atoms with van der Waals surface area (Å²) in [4.78, 5) is 5.77. The van der Waals surface area contributed by atoms with E-state index in [1.165, 1.54) is 11.3 Å². The Morgan fingerprint density at radius 2 is 1.67 bits per heavy atom. The molecule has 0 bridgehead atoms. The van der Waals surface area contributed by atoms with Gasteiger partial charge in [0.15, 0.2) is 21.5 Å². The molecular formula is C22H23F2N3O4S2. The lowest BCUT2D eigenvalue weighted by molar-refractivity contribution is 0.354. The molecule has 4 rings (SSSR count). The molecule has 1 fully saturated rings. The standard InChI is InChI=1S/C22H23F2N3O4S2/c1-30-19-7-6-15(13-20(19)31-2)12-16-14-32-22(25-16)26-8-10-27(11-9-26)33(28,29)21-17(23)4-3-5-18(21)24/h3-7,13-14H,8-12H2,1-2H3. The smallest absolute Gasteiger partial charge is 0.249 e. The fourth-order valence-corrected chi connectivity index (χ4v) is 6.11. The number of rotatable bonds is 7. The first kappa shape index (κ1) is 23.4. The van der Waals surface area contributed by atoms with Crippen LogP contribution < -0.4 is 14.4 Å².